The van der Waals surface area contributed by atoms with Gasteiger partial charge in [0.05, 0.1) is 23.2 Å². The maximum atomic E-state index is 13.5. The lowest BCUT2D eigenvalue weighted by Gasteiger charge is -2.25. The van der Waals surface area contributed by atoms with Gasteiger partial charge in [0.25, 0.3) is 0 Å². The molecule has 0 aliphatic heterocycles. The lowest BCUT2D eigenvalue weighted by molar-refractivity contribution is 0.00578. The van der Waals surface area contributed by atoms with E-state index in [-0.39, 0.29) is 24.2 Å². The monoisotopic (exact) mass is 317 g/mol. The molecule has 0 amide bonds. The van der Waals surface area contributed by atoms with Gasteiger partial charge in [-0.05, 0) is 37.5 Å². The molecule has 1 fully saturated rings. The molecule has 1 aromatic rings. The summed E-state index contributed by atoms with van der Waals surface area (Å²) in [4.78, 5) is 10.4. The zero-order valence-electron chi connectivity index (χ0n) is 11.2. The molecule has 0 saturated heterocycles. The van der Waals surface area contributed by atoms with Crippen LogP contribution in [-0.4, -0.2) is 38.7 Å². The van der Waals surface area contributed by atoms with E-state index in [2.05, 4.69) is 4.72 Å². The number of carboxylic acids is 1. The first-order valence-electron chi connectivity index (χ1n) is 6.54. The van der Waals surface area contributed by atoms with Crippen molar-refractivity contribution < 1.29 is 27.4 Å². The van der Waals surface area contributed by atoms with Crippen molar-refractivity contribution in [3.8, 4) is 0 Å². The minimum absolute atomic E-state index is 0.0845. The van der Waals surface area contributed by atoms with Crippen molar-refractivity contribution >= 4 is 16.0 Å². The SMILES string of the molecule is O=C(O)c1ccc(S(=O)(=O)NCCOC2CCC2)cc1F. The van der Waals surface area contributed by atoms with Crippen molar-refractivity contribution in [3.05, 3.63) is 29.6 Å². The van der Waals surface area contributed by atoms with E-state index in [1.54, 1.807) is 0 Å². The Balaban J connectivity index is 1.95. The second-order valence-corrected chi connectivity index (χ2v) is 6.54. The lowest BCUT2D eigenvalue weighted by Crippen LogP contribution is -2.30. The number of carboxylic acid groups (broad SMARTS) is 1. The summed E-state index contributed by atoms with van der Waals surface area (Å²) < 4.78 is 45.0. The highest BCUT2D eigenvalue weighted by atomic mass is 32.2. The molecular formula is C13H16FNO5S. The van der Waals surface area contributed by atoms with Gasteiger partial charge in [-0.25, -0.2) is 22.3 Å². The number of halogens is 1. The lowest BCUT2D eigenvalue weighted by atomic mass is 9.96. The Morgan fingerprint density at radius 1 is 1.43 bits per heavy atom. The molecule has 21 heavy (non-hydrogen) atoms. The van der Waals surface area contributed by atoms with Crippen LogP contribution in [0.1, 0.15) is 29.6 Å². The first kappa shape index (κ1) is 15.9. The predicted molar refractivity (Wildman–Crippen MR) is 72.1 cm³/mol. The topological polar surface area (TPSA) is 92.7 Å². The fraction of sp³-hybridized carbons (Fsp3) is 0.462. The van der Waals surface area contributed by atoms with Crippen molar-refractivity contribution in [3.63, 3.8) is 0 Å². The zero-order valence-corrected chi connectivity index (χ0v) is 12.0. The van der Waals surface area contributed by atoms with Crippen LogP contribution in [0.4, 0.5) is 4.39 Å². The van der Waals surface area contributed by atoms with Crippen LogP contribution >= 0.6 is 0 Å². The van der Waals surface area contributed by atoms with E-state index >= 15 is 0 Å². The summed E-state index contributed by atoms with van der Waals surface area (Å²) in [6.07, 6.45) is 3.33. The van der Waals surface area contributed by atoms with E-state index in [9.17, 15) is 17.6 Å². The van der Waals surface area contributed by atoms with Gasteiger partial charge < -0.3 is 9.84 Å². The number of rotatable bonds is 7. The number of ether oxygens (including phenoxy) is 1. The van der Waals surface area contributed by atoms with Crippen molar-refractivity contribution in [2.24, 2.45) is 0 Å². The molecule has 0 heterocycles. The van der Waals surface area contributed by atoms with Crippen LogP contribution in [0.15, 0.2) is 23.1 Å². The second-order valence-electron chi connectivity index (χ2n) is 4.77. The van der Waals surface area contributed by atoms with E-state index in [4.69, 9.17) is 9.84 Å². The molecule has 2 rings (SSSR count). The van der Waals surface area contributed by atoms with Gasteiger partial charge in [-0.1, -0.05) is 0 Å². The van der Waals surface area contributed by atoms with E-state index < -0.39 is 27.4 Å². The fourth-order valence-electron chi connectivity index (χ4n) is 1.86. The number of carbonyl (C=O) groups is 1. The first-order chi connectivity index (χ1) is 9.90. The van der Waals surface area contributed by atoms with Gasteiger partial charge in [-0.2, -0.15) is 0 Å². The Hall–Kier alpha value is -1.51. The fourth-order valence-corrected chi connectivity index (χ4v) is 2.88. The normalized spacial score (nSPS) is 15.7. The van der Waals surface area contributed by atoms with Crippen LogP contribution < -0.4 is 4.72 Å². The molecular weight excluding hydrogens is 301 g/mol. The highest BCUT2D eigenvalue weighted by molar-refractivity contribution is 7.89. The summed E-state index contributed by atoms with van der Waals surface area (Å²) in [7, 11) is -3.87. The molecule has 1 aromatic carbocycles. The summed E-state index contributed by atoms with van der Waals surface area (Å²) >= 11 is 0. The van der Waals surface area contributed by atoms with Gasteiger partial charge in [-0.3, -0.25) is 0 Å². The van der Waals surface area contributed by atoms with Crippen LogP contribution in [0.2, 0.25) is 0 Å². The largest absolute Gasteiger partial charge is 0.478 e. The third-order valence-electron chi connectivity index (χ3n) is 3.28. The van der Waals surface area contributed by atoms with Gasteiger partial charge in [-0.15, -0.1) is 0 Å². The van der Waals surface area contributed by atoms with Crippen LogP contribution in [0.25, 0.3) is 0 Å². The zero-order chi connectivity index (χ0) is 15.5. The van der Waals surface area contributed by atoms with Crippen molar-refractivity contribution in [2.45, 2.75) is 30.3 Å². The molecule has 0 aromatic heterocycles. The Morgan fingerprint density at radius 3 is 2.67 bits per heavy atom. The molecule has 6 nitrogen and oxygen atoms in total. The molecule has 1 aliphatic rings. The van der Waals surface area contributed by atoms with Crippen LogP contribution in [-0.2, 0) is 14.8 Å². The summed E-state index contributed by atoms with van der Waals surface area (Å²) in [6.45, 7) is 0.334. The Bertz CT molecular complexity index is 627. The van der Waals surface area contributed by atoms with Crippen LogP contribution in [0.3, 0.4) is 0 Å². The third-order valence-corrected chi connectivity index (χ3v) is 4.74. The number of hydrogen-bond donors (Lipinski definition) is 2. The molecule has 0 unspecified atom stereocenters. The smallest absolute Gasteiger partial charge is 0.338 e. The maximum absolute atomic E-state index is 13.5. The first-order valence-corrected chi connectivity index (χ1v) is 8.02. The van der Waals surface area contributed by atoms with Gasteiger partial charge in [0.1, 0.15) is 5.82 Å². The minimum Gasteiger partial charge on any atom is -0.478 e. The highest BCUT2D eigenvalue weighted by Gasteiger charge is 2.20. The molecule has 116 valence electrons. The second kappa shape index (κ2) is 6.50. The number of benzene rings is 1. The van der Waals surface area contributed by atoms with Gasteiger partial charge >= 0.3 is 5.97 Å². The summed E-state index contributed by atoms with van der Waals surface area (Å²) in [5, 5.41) is 8.69. The molecule has 2 N–H and O–H groups in total. The minimum atomic E-state index is -3.87. The molecule has 0 atom stereocenters. The number of nitrogens with one attached hydrogen (secondary N) is 1. The Labute approximate surface area is 122 Å². The van der Waals surface area contributed by atoms with Gasteiger partial charge in [0.2, 0.25) is 10.0 Å². The summed E-state index contributed by atoms with van der Waals surface area (Å²) in [6, 6.07) is 2.68. The third kappa shape index (κ3) is 3.99. The molecule has 1 saturated carbocycles. The van der Waals surface area contributed by atoms with Gasteiger partial charge in [0.15, 0.2) is 0 Å². The van der Waals surface area contributed by atoms with Crippen molar-refractivity contribution in [1.29, 1.82) is 0 Å². The van der Waals surface area contributed by atoms with Crippen molar-refractivity contribution in [2.75, 3.05) is 13.2 Å². The van der Waals surface area contributed by atoms with Crippen molar-refractivity contribution in [1.82, 2.24) is 4.72 Å². The van der Waals surface area contributed by atoms with E-state index in [1.807, 2.05) is 0 Å². The summed E-state index contributed by atoms with van der Waals surface area (Å²) in [5.74, 6) is -2.53. The van der Waals surface area contributed by atoms with E-state index in [1.165, 1.54) is 0 Å². The van der Waals surface area contributed by atoms with Crippen LogP contribution in [0.5, 0.6) is 0 Å². The Morgan fingerprint density at radius 2 is 2.14 bits per heavy atom. The van der Waals surface area contributed by atoms with E-state index in [0.29, 0.717) is 6.07 Å². The van der Waals surface area contributed by atoms with E-state index in [0.717, 1.165) is 31.4 Å². The average molecular weight is 317 g/mol. The average Bonchev–Trinajstić information content (AvgIpc) is 2.35. The molecule has 8 heteroatoms. The molecule has 0 spiro atoms. The number of sulfonamides is 1. The maximum Gasteiger partial charge on any atom is 0.338 e. The predicted octanol–water partition coefficient (Wildman–Crippen LogP) is 1.37. The molecule has 0 bridgehead atoms. The summed E-state index contributed by atoms with van der Waals surface area (Å²) in [5.41, 5.74) is -0.567. The number of hydrogen-bond acceptors (Lipinski definition) is 4. The molecule has 1 aliphatic carbocycles. The Kier molecular flexibility index (Phi) is 4.92. The van der Waals surface area contributed by atoms with Gasteiger partial charge in [0, 0.05) is 6.54 Å². The standard InChI is InChI=1S/C13H16FNO5S/c14-12-8-10(4-5-11(12)13(16)17)21(18,19)15-6-7-20-9-2-1-3-9/h4-5,8-9,15H,1-3,6-7H2,(H,16,17). The van der Waals surface area contributed by atoms with Crippen LogP contribution in [0, 0.1) is 5.82 Å². The quantitative estimate of drug-likeness (QED) is 0.741. The molecule has 0 radical (unpaired) electrons. The number of aromatic carboxylic acids is 1. The highest BCUT2D eigenvalue weighted by Crippen LogP contribution is 2.21.